The van der Waals surface area contributed by atoms with E-state index in [1.165, 1.54) is 68.9 Å². The van der Waals surface area contributed by atoms with Crippen LogP contribution in [0.5, 0.6) is 0 Å². The summed E-state index contributed by atoms with van der Waals surface area (Å²) in [6.07, 6.45) is 35.9. The van der Waals surface area contributed by atoms with Crippen LogP contribution in [0.25, 0.3) is 34.2 Å². The minimum Gasteiger partial charge on any atom is -1.00 e. The van der Waals surface area contributed by atoms with E-state index in [4.69, 9.17) is 0 Å². The van der Waals surface area contributed by atoms with Crippen LogP contribution in [-0.4, -0.2) is 24.9 Å². The molecule has 0 N–H and O–H groups in total. The zero-order valence-corrected chi connectivity index (χ0v) is 31.8. The van der Waals surface area contributed by atoms with Gasteiger partial charge in [0.1, 0.15) is 24.8 Å². The third-order valence-corrected chi connectivity index (χ3v) is 8.66. The summed E-state index contributed by atoms with van der Waals surface area (Å²) in [5.41, 5.74) is 4.73. The summed E-state index contributed by atoms with van der Waals surface area (Å²) in [6, 6.07) is 20.3. The molecule has 0 bridgehead atoms. The van der Waals surface area contributed by atoms with Crippen molar-refractivity contribution in [2.24, 2.45) is 5.92 Å². The van der Waals surface area contributed by atoms with Gasteiger partial charge in [0.05, 0.1) is 24.8 Å². The van der Waals surface area contributed by atoms with E-state index in [2.05, 4.69) is 66.1 Å². The van der Waals surface area contributed by atoms with Crippen molar-refractivity contribution in [1.29, 1.82) is 0 Å². The third kappa shape index (κ3) is 13.3. The first kappa shape index (κ1) is 43.3. The molecule has 0 amide bonds. The van der Waals surface area contributed by atoms with Crippen LogP contribution in [0.15, 0.2) is 135 Å². The number of nitrogens with zero attached hydrogens (tertiary/aromatic N) is 8. The Labute approximate surface area is 330 Å². The maximum Gasteiger partial charge on any atom is 0.437 e. The molecule has 2 saturated carbocycles. The van der Waals surface area contributed by atoms with Gasteiger partial charge < -0.3 is 37.2 Å². The average molecular weight is 786 g/mol. The van der Waals surface area contributed by atoms with Gasteiger partial charge in [-0.15, -0.1) is 0 Å². The summed E-state index contributed by atoms with van der Waals surface area (Å²) >= 11 is 0. The van der Waals surface area contributed by atoms with Crippen molar-refractivity contribution in [1.82, 2.24) is 24.9 Å². The molecule has 0 spiro atoms. The Hall–Kier alpha value is -3.85. The van der Waals surface area contributed by atoms with Crippen LogP contribution in [0.2, 0.25) is 0 Å². The van der Waals surface area contributed by atoms with Gasteiger partial charge in [-0.25, -0.2) is 13.7 Å². The van der Waals surface area contributed by atoms with E-state index in [0.717, 1.165) is 23.6 Å². The first-order chi connectivity index (χ1) is 23.3. The number of pyridine rings is 4. The molecule has 0 aliphatic heterocycles. The molecule has 0 aromatic carbocycles. The van der Waals surface area contributed by atoms with Gasteiger partial charge in [-0.3, -0.25) is 4.98 Å². The van der Waals surface area contributed by atoms with E-state index in [1.54, 1.807) is 43.2 Å². The van der Waals surface area contributed by atoms with Gasteiger partial charge >= 0.3 is 11.9 Å². The van der Waals surface area contributed by atoms with Gasteiger partial charge in [-0.05, 0) is 71.5 Å². The maximum absolute atomic E-state index is 4.26. The Kier molecular flexibility index (Phi) is 20.0. The van der Waals surface area contributed by atoms with Crippen LogP contribution in [0.4, 0.5) is 0 Å². The topological polar surface area (TPSA) is 76.1 Å². The van der Waals surface area contributed by atoms with Crippen LogP contribution in [-0.2, 0) is 23.6 Å². The van der Waals surface area contributed by atoms with E-state index in [-0.39, 0.29) is 54.3 Å². The van der Waals surface area contributed by atoms with E-state index in [9.17, 15) is 0 Å². The van der Waals surface area contributed by atoms with Crippen molar-refractivity contribution in [2.75, 3.05) is 0 Å². The first-order valence-corrected chi connectivity index (χ1v) is 16.8. The predicted octanol–water partition coefficient (Wildman–Crippen LogP) is -2.33. The zero-order valence-electron chi connectivity index (χ0n) is 28.4. The van der Waals surface area contributed by atoms with Crippen molar-refractivity contribution in [3.05, 3.63) is 135 Å². The Morgan fingerprint density at radius 1 is 0.451 bits per heavy atom. The largest absolute Gasteiger partial charge is 1.00 e. The zero-order chi connectivity index (χ0) is 31.9. The summed E-state index contributed by atoms with van der Waals surface area (Å²) in [7, 11) is 0. The van der Waals surface area contributed by atoms with Gasteiger partial charge in [0.2, 0.25) is 0 Å². The van der Waals surface area contributed by atoms with Gasteiger partial charge in [-0.2, -0.15) is 0 Å². The fourth-order valence-corrected chi connectivity index (χ4v) is 6.04. The fourth-order valence-electron chi connectivity index (χ4n) is 6.04. The third-order valence-electron chi connectivity index (χ3n) is 8.66. The van der Waals surface area contributed by atoms with Crippen LogP contribution in [0.1, 0.15) is 57.8 Å². The molecule has 6 aromatic heterocycles. The molecule has 268 valence electrons. The molecule has 0 atom stereocenters. The minimum atomic E-state index is 0. The van der Waals surface area contributed by atoms with Crippen molar-refractivity contribution in [3.8, 4) is 34.2 Å². The number of halogens is 3. The molecule has 51 heavy (non-hydrogen) atoms. The normalized spacial score (nSPS) is 12.9. The van der Waals surface area contributed by atoms with Gasteiger partial charge in [0, 0.05) is 59.6 Å². The van der Waals surface area contributed by atoms with Gasteiger partial charge in [0.25, 0.3) is 0 Å². The summed E-state index contributed by atoms with van der Waals surface area (Å²) < 4.78 is 6.12. The number of rotatable bonds is 6. The molecule has 8 rings (SSSR count). The van der Waals surface area contributed by atoms with Crippen LogP contribution < -0.4 is 50.9 Å². The Morgan fingerprint density at radius 3 is 1.20 bits per heavy atom. The quantitative estimate of drug-likeness (QED) is 0.140. The second-order valence-corrected chi connectivity index (χ2v) is 12.0. The number of aromatic nitrogens is 8. The minimum absolute atomic E-state index is 0. The molecule has 2 aliphatic carbocycles. The molecule has 2 fully saturated rings. The smallest absolute Gasteiger partial charge is 0.437 e. The molecule has 0 radical (unpaired) electrons. The van der Waals surface area contributed by atoms with Crippen molar-refractivity contribution >= 4 is 0 Å². The molecule has 2 aliphatic rings. The van der Waals surface area contributed by atoms with Crippen molar-refractivity contribution < 1.29 is 68.0 Å². The van der Waals surface area contributed by atoms with Crippen LogP contribution in [0, 0.1) is 5.92 Å². The van der Waals surface area contributed by atoms with E-state index in [0.29, 0.717) is 11.9 Å². The molecule has 8 nitrogen and oxygen atoms in total. The Balaban J connectivity index is 0.000000297. The average Bonchev–Trinajstić information content (AvgIpc) is 3.92. The second-order valence-electron chi connectivity index (χ2n) is 12.0. The Morgan fingerprint density at radius 2 is 0.804 bits per heavy atom. The van der Waals surface area contributed by atoms with Crippen LogP contribution in [0.3, 0.4) is 0 Å². The summed E-state index contributed by atoms with van der Waals surface area (Å²) in [5, 5.41) is 0. The predicted molar refractivity (Wildman–Crippen MR) is 181 cm³/mol. The van der Waals surface area contributed by atoms with E-state index < -0.39 is 0 Å². The van der Waals surface area contributed by atoms with Crippen LogP contribution >= 0.6 is 0 Å². The molecule has 12 heteroatoms. The monoisotopic (exact) mass is 784 g/mol. The molecular weight excluding hydrogens is 743 g/mol. The van der Waals surface area contributed by atoms with Gasteiger partial charge in [0.15, 0.2) is 18.9 Å². The van der Waals surface area contributed by atoms with Crippen molar-refractivity contribution in [3.63, 3.8) is 0 Å². The second kappa shape index (κ2) is 23.6. The number of hydrogen-bond acceptors (Lipinski definition) is 5. The van der Waals surface area contributed by atoms with E-state index in [1.807, 2.05) is 64.3 Å². The maximum atomic E-state index is 4.26. The SMILES string of the molecule is C1CCCC1.[Cl-].[Cl-].[Cl-].[Fe].c1cnc(-[n+]2ccc(-c3cc[n+](CC4CCCC4)cc3)cc2)nc1.c1cnc(-[n+]2ccc(-c3ccncc3)cc2)nc1. The summed E-state index contributed by atoms with van der Waals surface area (Å²) in [4.78, 5) is 20.9. The molecule has 6 aromatic rings. The first-order valence-electron chi connectivity index (χ1n) is 16.8. The molecule has 6 heterocycles. The van der Waals surface area contributed by atoms with E-state index >= 15 is 0 Å². The fraction of sp³-hybridized carbons (Fsp3) is 0.282. The number of hydrogen-bond donors (Lipinski definition) is 0. The molecule has 0 unspecified atom stereocenters. The molecule has 0 saturated heterocycles. The summed E-state index contributed by atoms with van der Waals surface area (Å²) in [6.45, 7) is 1.15. The van der Waals surface area contributed by atoms with Gasteiger partial charge in [-0.1, -0.05) is 64.9 Å². The Bertz CT molecular complexity index is 1690. The summed E-state index contributed by atoms with van der Waals surface area (Å²) in [5.74, 6) is 2.22. The molecular formula is C39H43Cl3FeN8. The van der Waals surface area contributed by atoms with Crippen molar-refractivity contribution in [2.45, 2.75) is 64.3 Å². The standard InChI is InChI=1S/C20H22N4.C14H11N4.C5H10.3ClH.Fe/c1-2-5-17(4-1)16-23-12-6-18(7-13-23)19-8-14-24(15-9-19)20-21-10-3-11-22-20;1-6-16-14(17-7-1)18-10-4-13(5-11-18)12-2-8-15-9-3-12;1-2-4-5-3-1;;;;/h3,6-15,17H,1-2,4-5,16H2;1-11H;1-5H2;3*1H;/q+2;+1;;;;;/p-3.